The summed E-state index contributed by atoms with van der Waals surface area (Å²) < 4.78 is 10.7. The number of methoxy groups -OCH3 is 1. The lowest BCUT2D eigenvalue weighted by atomic mass is 10.2. The van der Waals surface area contributed by atoms with Crippen LogP contribution in [-0.4, -0.2) is 24.3 Å². The van der Waals surface area contributed by atoms with Crippen LogP contribution in [0.15, 0.2) is 12.1 Å². The van der Waals surface area contributed by atoms with Crippen LogP contribution in [0.1, 0.15) is 30.6 Å². The number of carbonyl (C=O) groups is 1. The number of benzene rings is 1. The van der Waals surface area contributed by atoms with Crippen LogP contribution in [0.25, 0.3) is 0 Å². The number of aromatic carboxylic acids is 1. The van der Waals surface area contributed by atoms with Gasteiger partial charge in [0.25, 0.3) is 0 Å². The summed E-state index contributed by atoms with van der Waals surface area (Å²) in [5.74, 6) is -0.344. The number of hydrogen-bond donors (Lipinski definition) is 1. The summed E-state index contributed by atoms with van der Waals surface area (Å²) in [5.41, 5.74) is 0.0725. The molecule has 0 heterocycles. The van der Waals surface area contributed by atoms with E-state index in [0.717, 1.165) is 6.42 Å². The van der Waals surface area contributed by atoms with Crippen LogP contribution in [0.4, 0.5) is 0 Å². The van der Waals surface area contributed by atoms with Gasteiger partial charge in [-0.1, -0.05) is 18.5 Å². The van der Waals surface area contributed by atoms with Crippen molar-refractivity contribution >= 4 is 17.6 Å². The summed E-state index contributed by atoms with van der Waals surface area (Å²) in [6, 6.07) is 2.75. The molecule has 0 aromatic heterocycles. The Labute approximate surface area is 105 Å². The molecule has 1 aromatic rings. The first-order chi connectivity index (χ1) is 7.99. The van der Waals surface area contributed by atoms with Gasteiger partial charge in [0.2, 0.25) is 0 Å². The normalized spacial score (nSPS) is 12.0. The van der Waals surface area contributed by atoms with E-state index in [-0.39, 0.29) is 16.7 Å². The molecule has 1 aromatic carbocycles. The van der Waals surface area contributed by atoms with Gasteiger partial charge in [-0.2, -0.15) is 0 Å². The fourth-order valence-corrected chi connectivity index (χ4v) is 1.50. The average molecular weight is 259 g/mol. The molecule has 0 radical (unpaired) electrons. The summed E-state index contributed by atoms with van der Waals surface area (Å²) in [5, 5.41) is 9.13. The molecule has 1 N–H and O–H groups in total. The van der Waals surface area contributed by atoms with E-state index in [0.29, 0.717) is 11.5 Å². The number of carboxylic acid groups (broad SMARTS) is 1. The predicted molar refractivity (Wildman–Crippen MR) is 65.3 cm³/mol. The minimum Gasteiger partial charge on any atom is -0.493 e. The molecule has 0 aliphatic heterocycles. The Balaban J connectivity index is 3.16. The standard InChI is InChI=1S/C12H15ClO4/c1-4-7(2)17-11-9(13)5-8(12(14)15)6-10(11)16-3/h5-7H,4H2,1-3H3,(H,14,15). The van der Waals surface area contributed by atoms with Crippen molar-refractivity contribution in [3.63, 3.8) is 0 Å². The second-order valence-corrected chi connectivity index (χ2v) is 4.04. The molecule has 0 saturated heterocycles. The van der Waals surface area contributed by atoms with Crippen molar-refractivity contribution in [2.24, 2.45) is 0 Å². The molecule has 1 unspecified atom stereocenters. The highest BCUT2D eigenvalue weighted by Gasteiger charge is 2.16. The van der Waals surface area contributed by atoms with E-state index in [1.54, 1.807) is 0 Å². The van der Waals surface area contributed by atoms with Gasteiger partial charge in [0, 0.05) is 0 Å². The van der Waals surface area contributed by atoms with Gasteiger partial charge in [0.05, 0.1) is 23.8 Å². The van der Waals surface area contributed by atoms with Gasteiger partial charge >= 0.3 is 5.97 Å². The van der Waals surface area contributed by atoms with E-state index in [9.17, 15) is 4.79 Å². The van der Waals surface area contributed by atoms with Crippen molar-refractivity contribution in [3.8, 4) is 11.5 Å². The van der Waals surface area contributed by atoms with Gasteiger partial charge in [-0.05, 0) is 25.5 Å². The molecule has 5 heteroatoms. The molecule has 0 aliphatic rings. The topological polar surface area (TPSA) is 55.8 Å². The van der Waals surface area contributed by atoms with E-state index in [2.05, 4.69) is 0 Å². The number of hydrogen-bond acceptors (Lipinski definition) is 3. The Morgan fingerprint density at radius 1 is 1.53 bits per heavy atom. The second kappa shape index (κ2) is 5.77. The van der Waals surface area contributed by atoms with Gasteiger partial charge in [0.15, 0.2) is 11.5 Å². The fraction of sp³-hybridized carbons (Fsp3) is 0.417. The van der Waals surface area contributed by atoms with Crippen molar-refractivity contribution in [1.29, 1.82) is 0 Å². The van der Waals surface area contributed by atoms with Crippen LogP contribution in [0.5, 0.6) is 11.5 Å². The smallest absolute Gasteiger partial charge is 0.335 e. The van der Waals surface area contributed by atoms with Crippen molar-refractivity contribution in [2.45, 2.75) is 26.4 Å². The highest BCUT2D eigenvalue weighted by atomic mass is 35.5. The molecule has 0 amide bonds. The Morgan fingerprint density at radius 2 is 2.18 bits per heavy atom. The highest BCUT2D eigenvalue weighted by molar-refractivity contribution is 6.32. The van der Waals surface area contributed by atoms with Crippen LogP contribution in [0, 0.1) is 0 Å². The zero-order valence-electron chi connectivity index (χ0n) is 9.99. The highest BCUT2D eigenvalue weighted by Crippen LogP contribution is 2.37. The molecule has 94 valence electrons. The van der Waals surface area contributed by atoms with Crippen LogP contribution < -0.4 is 9.47 Å². The molecule has 1 rings (SSSR count). The molecule has 17 heavy (non-hydrogen) atoms. The van der Waals surface area contributed by atoms with E-state index >= 15 is 0 Å². The molecule has 4 nitrogen and oxygen atoms in total. The van der Waals surface area contributed by atoms with Gasteiger partial charge in [-0.25, -0.2) is 4.79 Å². The fourth-order valence-electron chi connectivity index (χ4n) is 1.24. The lowest BCUT2D eigenvalue weighted by molar-refractivity contribution is 0.0696. The molecular formula is C12H15ClO4. The molecule has 0 aliphatic carbocycles. The van der Waals surface area contributed by atoms with Crippen LogP contribution in [0.3, 0.4) is 0 Å². The zero-order chi connectivity index (χ0) is 13.0. The summed E-state index contributed by atoms with van der Waals surface area (Å²) in [6.07, 6.45) is 0.803. The third kappa shape index (κ3) is 3.27. The quantitative estimate of drug-likeness (QED) is 0.881. The maximum Gasteiger partial charge on any atom is 0.335 e. The first-order valence-electron chi connectivity index (χ1n) is 5.27. The summed E-state index contributed by atoms with van der Waals surface area (Å²) in [6.45, 7) is 3.89. The zero-order valence-corrected chi connectivity index (χ0v) is 10.7. The molecule has 0 fully saturated rings. The van der Waals surface area contributed by atoms with Crippen LogP contribution in [0.2, 0.25) is 5.02 Å². The van der Waals surface area contributed by atoms with Gasteiger partial charge in [-0.3, -0.25) is 0 Å². The SMILES string of the molecule is CCC(C)Oc1c(Cl)cc(C(=O)O)cc1OC. The largest absolute Gasteiger partial charge is 0.493 e. The Hall–Kier alpha value is -1.42. The summed E-state index contributed by atoms with van der Waals surface area (Å²) in [7, 11) is 1.45. The Morgan fingerprint density at radius 3 is 2.65 bits per heavy atom. The van der Waals surface area contributed by atoms with Crippen molar-refractivity contribution < 1.29 is 19.4 Å². The maximum atomic E-state index is 10.9. The average Bonchev–Trinajstić information content (AvgIpc) is 2.30. The third-order valence-corrected chi connectivity index (χ3v) is 2.65. The molecule has 0 saturated carbocycles. The van der Waals surface area contributed by atoms with E-state index in [1.807, 2.05) is 13.8 Å². The monoisotopic (exact) mass is 258 g/mol. The van der Waals surface area contributed by atoms with E-state index < -0.39 is 5.97 Å². The van der Waals surface area contributed by atoms with E-state index in [1.165, 1.54) is 19.2 Å². The van der Waals surface area contributed by atoms with Crippen LogP contribution >= 0.6 is 11.6 Å². The Bertz CT molecular complexity index is 417. The second-order valence-electron chi connectivity index (χ2n) is 3.63. The molecule has 0 spiro atoms. The predicted octanol–water partition coefficient (Wildman–Crippen LogP) is 3.22. The Kier molecular flexibility index (Phi) is 4.63. The van der Waals surface area contributed by atoms with Gasteiger partial charge in [-0.15, -0.1) is 0 Å². The first kappa shape index (κ1) is 13.6. The lowest BCUT2D eigenvalue weighted by Crippen LogP contribution is -2.11. The summed E-state index contributed by atoms with van der Waals surface area (Å²) >= 11 is 5.99. The maximum absolute atomic E-state index is 10.9. The van der Waals surface area contributed by atoms with Gasteiger partial charge < -0.3 is 14.6 Å². The van der Waals surface area contributed by atoms with Crippen molar-refractivity contribution in [3.05, 3.63) is 22.7 Å². The summed E-state index contributed by atoms with van der Waals surface area (Å²) in [4.78, 5) is 10.9. The molecule has 1 atom stereocenters. The van der Waals surface area contributed by atoms with E-state index in [4.69, 9.17) is 26.2 Å². The number of carboxylic acids is 1. The lowest BCUT2D eigenvalue weighted by Gasteiger charge is -2.17. The van der Waals surface area contributed by atoms with Crippen LogP contribution in [-0.2, 0) is 0 Å². The molecular weight excluding hydrogens is 244 g/mol. The molecule has 0 bridgehead atoms. The number of ether oxygens (including phenoxy) is 2. The minimum absolute atomic E-state index is 0.0166. The van der Waals surface area contributed by atoms with Crippen molar-refractivity contribution in [1.82, 2.24) is 0 Å². The third-order valence-electron chi connectivity index (χ3n) is 2.37. The minimum atomic E-state index is -1.06. The number of halogens is 1. The van der Waals surface area contributed by atoms with Crippen molar-refractivity contribution in [2.75, 3.05) is 7.11 Å². The first-order valence-corrected chi connectivity index (χ1v) is 5.64. The number of rotatable bonds is 5. The van der Waals surface area contributed by atoms with Gasteiger partial charge in [0.1, 0.15) is 0 Å².